The van der Waals surface area contributed by atoms with Crippen molar-refractivity contribution in [3.63, 3.8) is 0 Å². The first kappa shape index (κ1) is 20.4. The van der Waals surface area contributed by atoms with Gasteiger partial charge in [-0.2, -0.15) is 17.6 Å². The zero-order chi connectivity index (χ0) is 17.3. The quantitative estimate of drug-likeness (QED) is 0.642. The Kier molecular flexibility index (Phi) is 6.10. The zero-order valence-corrected chi connectivity index (χ0v) is 9.73. The van der Waals surface area contributed by atoms with Gasteiger partial charge in [-0.15, -0.1) is 26.3 Å². The predicted octanol–water partition coefficient (Wildman–Crippen LogP) is 4.57. The van der Waals surface area contributed by atoms with E-state index in [0.717, 1.165) is 0 Å². The molecule has 0 aromatic rings. The van der Waals surface area contributed by atoms with Gasteiger partial charge >= 0.3 is 23.2 Å². The number of rotatable bonds is 6. The third-order valence-corrected chi connectivity index (χ3v) is 2.19. The van der Waals surface area contributed by atoms with E-state index in [0.29, 0.717) is 0 Å². The lowest BCUT2D eigenvalue weighted by Crippen LogP contribution is -2.41. The summed E-state index contributed by atoms with van der Waals surface area (Å²) in [6, 6.07) is 0. The summed E-state index contributed by atoms with van der Waals surface area (Å²) < 4.78 is 148. The molecule has 21 heavy (non-hydrogen) atoms. The van der Waals surface area contributed by atoms with Crippen LogP contribution in [0.5, 0.6) is 0 Å². The first-order valence-corrected chi connectivity index (χ1v) is 5.01. The topological polar surface area (TPSA) is 18.5 Å². The molecule has 0 amide bonds. The fourth-order valence-electron chi connectivity index (χ4n) is 0.646. The molecule has 2 unspecified atom stereocenters. The van der Waals surface area contributed by atoms with Crippen molar-refractivity contribution < 1.29 is 62.2 Å². The molecule has 0 bridgehead atoms. The van der Waals surface area contributed by atoms with Gasteiger partial charge in [-0.05, 0) is 11.8 Å². The van der Waals surface area contributed by atoms with E-state index in [1.54, 1.807) is 0 Å². The number of ether oxygens (including phenoxy) is 2. The molecule has 15 heteroatoms. The van der Waals surface area contributed by atoms with Gasteiger partial charge in [0.25, 0.3) is 12.7 Å². The lowest BCUT2D eigenvalue weighted by Gasteiger charge is -2.27. The van der Waals surface area contributed by atoms with Gasteiger partial charge in [-0.1, -0.05) is 0 Å². The second kappa shape index (κ2) is 6.28. The first-order chi connectivity index (χ1) is 8.96. The molecule has 0 aromatic carbocycles. The van der Waals surface area contributed by atoms with Crippen molar-refractivity contribution in [3.8, 4) is 0 Å². The van der Waals surface area contributed by atoms with Gasteiger partial charge in [0.2, 0.25) is 0 Å². The van der Waals surface area contributed by atoms with Crippen LogP contribution in [-0.2, 0) is 9.47 Å². The minimum atomic E-state index is -5.99. The van der Waals surface area contributed by atoms with Crippen LogP contribution in [-0.4, -0.2) is 35.9 Å². The average molecular weight is 366 g/mol. The summed E-state index contributed by atoms with van der Waals surface area (Å²) in [5.41, 5.74) is 0. The minimum absolute atomic E-state index is 2.07. The van der Waals surface area contributed by atoms with E-state index in [1.165, 1.54) is 0 Å². The Morgan fingerprint density at radius 1 is 0.571 bits per heavy atom. The maximum Gasteiger partial charge on any atom is 0.525 e. The van der Waals surface area contributed by atoms with E-state index in [1.807, 2.05) is 0 Å². The van der Waals surface area contributed by atoms with Crippen LogP contribution in [0.2, 0.25) is 0 Å². The van der Waals surface area contributed by atoms with E-state index < -0.39 is 47.7 Å². The molecule has 0 rings (SSSR count). The SMILES string of the molecule is FC(OC(F)(F)F)C(F)(F)SC(F)(F)C(F)OC(F)(F)F. The summed E-state index contributed by atoms with van der Waals surface area (Å²) in [6.45, 7) is 0. The minimum Gasteiger partial charge on any atom is -0.249 e. The largest absolute Gasteiger partial charge is 0.525 e. The van der Waals surface area contributed by atoms with Crippen LogP contribution in [0.15, 0.2) is 0 Å². The van der Waals surface area contributed by atoms with Gasteiger partial charge in [0.05, 0.1) is 0 Å². The van der Waals surface area contributed by atoms with Crippen molar-refractivity contribution >= 4 is 11.8 Å². The molecule has 2 atom stereocenters. The Morgan fingerprint density at radius 3 is 1.00 bits per heavy atom. The summed E-state index contributed by atoms with van der Waals surface area (Å²) in [4.78, 5) is 0. The summed E-state index contributed by atoms with van der Waals surface area (Å²) in [7, 11) is 0. The highest BCUT2D eigenvalue weighted by atomic mass is 32.2. The molecule has 0 spiro atoms. The van der Waals surface area contributed by atoms with Gasteiger partial charge in [-0.25, -0.2) is 18.3 Å². The van der Waals surface area contributed by atoms with Gasteiger partial charge in [0.15, 0.2) is 0 Å². The Bertz CT molecular complexity index is 306. The first-order valence-electron chi connectivity index (χ1n) is 4.19. The number of thioether (sulfide) groups is 1. The maximum absolute atomic E-state index is 12.6. The summed E-state index contributed by atoms with van der Waals surface area (Å²) in [5, 5.41) is -11.4. The van der Waals surface area contributed by atoms with E-state index in [2.05, 4.69) is 9.47 Å². The highest BCUT2D eigenvalue weighted by Crippen LogP contribution is 2.49. The Balaban J connectivity index is 4.89. The molecule has 0 aliphatic carbocycles. The second-order valence-corrected chi connectivity index (χ2v) is 4.28. The fourth-order valence-corrected chi connectivity index (χ4v) is 1.29. The van der Waals surface area contributed by atoms with Crippen LogP contribution in [0.4, 0.5) is 52.7 Å². The van der Waals surface area contributed by atoms with Crippen LogP contribution in [0, 0.1) is 0 Å². The number of hydrogen-bond acceptors (Lipinski definition) is 3. The van der Waals surface area contributed by atoms with Gasteiger partial charge in [0.1, 0.15) is 0 Å². The van der Waals surface area contributed by atoms with Gasteiger partial charge in [-0.3, -0.25) is 0 Å². The molecule has 0 aromatic heterocycles. The third kappa shape index (κ3) is 7.85. The molecular formula is C6H2F12O2S. The average Bonchev–Trinajstić information content (AvgIpc) is 2.09. The number of alkyl halides is 12. The summed E-state index contributed by atoms with van der Waals surface area (Å²) in [6.07, 6.45) is -21.4. The van der Waals surface area contributed by atoms with Crippen LogP contribution in [0.3, 0.4) is 0 Å². The van der Waals surface area contributed by atoms with E-state index >= 15 is 0 Å². The van der Waals surface area contributed by atoms with E-state index in [4.69, 9.17) is 0 Å². The Hall–Kier alpha value is -0.570. The molecule has 0 fully saturated rings. The Labute approximate surface area is 111 Å². The van der Waals surface area contributed by atoms with E-state index in [-0.39, 0.29) is 0 Å². The van der Waals surface area contributed by atoms with Gasteiger partial charge in [0, 0.05) is 0 Å². The molecule has 0 heterocycles. The zero-order valence-electron chi connectivity index (χ0n) is 8.92. The highest BCUT2D eigenvalue weighted by molar-refractivity contribution is 8.01. The van der Waals surface area contributed by atoms with Crippen molar-refractivity contribution in [1.82, 2.24) is 0 Å². The molecule has 0 saturated carbocycles. The van der Waals surface area contributed by atoms with Crippen LogP contribution < -0.4 is 0 Å². The van der Waals surface area contributed by atoms with Crippen LogP contribution >= 0.6 is 11.8 Å². The lowest BCUT2D eigenvalue weighted by atomic mass is 10.7. The molecule has 2 nitrogen and oxygen atoms in total. The fraction of sp³-hybridized carbons (Fsp3) is 1.00. The molecule has 0 radical (unpaired) electrons. The van der Waals surface area contributed by atoms with Crippen molar-refractivity contribution in [2.75, 3.05) is 0 Å². The number of hydrogen-bond donors (Lipinski definition) is 0. The van der Waals surface area contributed by atoms with Crippen molar-refractivity contribution in [3.05, 3.63) is 0 Å². The van der Waals surface area contributed by atoms with Crippen molar-refractivity contribution in [2.24, 2.45) is 0 Å². The molecule has 128 valence electrons. The van der Waals surface area contributed by atoms with Crippen molar-refractivity contribution in [1.29, 1.82) is 0 Å². The monoisotopic (exact) mass is 366 g/mol. The van der Waals surface area contributed by atoms with E-state index in [9.17, 15) is 52.7 Å². The normalized spacial score (nSPS) is 17.7. The van der Waals surface area contributed by atoms with Crippen LogP contribution in [0.1, 0.15) is 0 Å². The summed E-state index contributed by atoms with van der Waals surface area (Å²) >= 11 is -2.46. The van der Waals surface area contributed by atoms with Crippen molar-refractivity contribution in [2.45, 2.75) is 35.9 Å². The molecule has 0 N–H and O–H groups in total. The molecule has 0 aliphatic rings. The van der Waals surface area contributed by atoms with Crippen LogP contribution in [0.25, 0.3) is 0 Å². The standard InChI is InChI=1S/C6H2F12O2S/c7-1(19-5(13,14)15)3(9,10)21-4(11,12)2(8)20-6(16,17)18/h1-2H. The smallest absolute Gasteiger partial charge is 0.249 e. The lowest BCUT2D eigenvalue weighted by molar-refractivity contribution is -0.380. The predicted molar refractivity (Wildman–Crippen MR) is 41.6 cm³/mol. The number of halogens is 12. The molecule has 0 aliphatic heterocycles. The molecule has 0 saturated heterocycles. The highest BCUT2D eigenvalue weighted by Gasteiger charge is 2.59. The second-order valence-electron chi connectivity index (χ2n) is 2.98. The summed E-state index contributed by atoms with van der Waals surface area (Å²) in [5.74, 6) is 0. The maximum atomic E-state index is 12.6. The van der Waals surface area contributed by atoms with Gasteiger partial charge < -0.3 is 0 Å². The molecular weight excluding hydrogens is 364 g/mol. The Morgan fingerprint density at radius 2 is 0.810 bits per heavy atom. The third-order valence-electron chi connectivity index (χ3n) is 1.27.